The second kappa shape index (κ2) is 12.4. The highest BCUT2D eigenvalue weighted by atomic mass is 79.9. The van der Waals surface area contributed by atoms with E-state index in [9.17, 15) is 4.79 Å². The molecule has 0 N–H and O–H groups in total. The maximum Gasteiger partial charge on any atom is 0.282 e. The fourth-order valence-electron chi connectivity index (χ4n) is 4.49. The first-order valence-electron chi connectivity index (χ1n) is 13.1. The summed E-state index contributed by atoms with van der Waals surface area (Å²) in [6.45, 7) is 2.43. The van der Waals surface area contributed by atoms with Crippen molar-refractivity contribution in [1.29, 1.82) is 0 Å². The van der Waals surface area contributed by atoms with E-state index in [1.54, 1.807) is 42.5 Å². The first-order chi connectivity index (χ1) is 20.8. The molecule has 4 aromatic carbocycles. The number of ether oxygens (including phenoxy) is 2. The van der Waals surface area contributed by atoms with Gasteiger partial charge in [0.05, 0.1) is 38.8 Å². The Kier molecular flexibility index (Phi) is 8.45. The van der Waals surface area contributed by atoms with Gasteiger partial charge in [0.25, 0.3) is 5.56 Å². The zero-order valence-electron chi connectivity index (χ0n) is 22.5. The maximum atomic E-state index is 13.6. The lowest BCUT2D eigenvalue weighted by Crippen LogP contribution is -2.20. The van der Waals surface area contributed by atoms with Crippen molar-refractivity contribution in [2.45, 2.75) is 13.5 Å². The lowest BCUT2D eigenvalue weighted by molar-refractivity contribution is 0.269. The van der Waals surface area contributed by atoms with E-state index in [1.165, 1.54) is 10.9 Å². The number of hydrogen-bond donors (Lipinski definition) is 0. The molecule has 0 atom stereocenters. The van der Waals surface area contributed by atoms with Gasteiger partial charge < -0.3 is 13.9 Å². The lowest BCUT2D eigenvalue weighted by Gasteiger charge is -2.15. The van der Waals surface area contributed by atoms with Gasteiger partial charge in [-0.15, -0.1) is 0 Å². The van der Waals surface area contributed by atoms with Crippen molar-refractivity contribution in [2.75, 3.05) is 6.61 Å². The normalized spacial score (nSPS) is 11.6. The van der Waals surface area contributed by atoms with Crippen LogP contribution in [0.25, 0.3) is 33.5 Å². The van der Waals surface area contributed by atoms with Crippen LogP contribution < -0.4 is 15.0 Å². The highest BCUT2D eigenvalue weighted by molar-refractivity contribution is 9.10. The summed E-state index contributed by atoms with van der Waals surface area (Å²) < 4.78 is 20.1. The van der Waals surface area contributed by atoms with Gasteiger partial charge in [-0.25, -0.2) is 4.98 Å². The van der Waals surface area contributed by atoms with Gasteiger partial charge in [0.15, 0.2) is 17.3 Å². The Labute approximate surface area is 269 Å². The summed E-state index contributed by atoms with van der Waals surface area (Å²) in [7, 11) is 0. The number of fused-ring (bicyclic) bond motifs is 2. The molecular formula is C32H21BrCl3N3O4. The van der Waals surface area contributed by atoms with E-state index in [2.05, 4.69) is 21.0 Å². The Morgan fingerprint density at radius 3 is 2.60 bits per heavy atom. The van der Waals surface area contributed by atoms with E-state index < -0.39 is 0 Å². The van der Waals surface area contributed by atoms with Gasteiger partial charge >= 0.3 is 0 Å². The molecule has 0 saturated carbocycles. The van der Waals surface area contributed by atoms with Crippen molar-refractivity contribution < 1.29 is 13.9 Å². The largest absolute Gasteiger partial charge is 0.490 e. The monoisotopic (exact) mass is 695 g/mol. The minimum atomic E-state index is -0.351. The van der Waals surface area contributed by atoms with Crippen molar-refractivity contribution in [1.82, 2.24) is 9.66 Å². The summed E-state index contributed by atoms with van der Waals surface area (Å²) in [5, 5.41) is 7.00. The molecule has 11 heteroatoms. The number of benzene rings is 4. The van der Waals surface area contributed by atoms with Crippen LogP contribution in [0.1, 0.15) is 18.1 Å². The van der Waals surface area contributed by atoms with Crippen LogP contribution in [0.2, 0.25) is 15.1 Å². The average molecular weight is 698 g/mol. The lowest BCUT2D eigenvalue weighted by atomic mass is 10.2. The van der Waals surface area contributed by atoms with Crippen molar-refractivity contribution in [3.05, 3.63) is 120 Å². The average Bonchev–Trinajstić information content (AvgIpc) is 3.41. The molecule has 0 saturated heterocycles. The van der Waals surface area contributed by atoms with Crippen LogP contribution in [0.5, 0.6) is 11.5 Å². The smallest absolute Gasteiger partial charge is 0.282 e. The molecule has 0 unspecified atom stereocenters. The zero-order valence-corrected chi connectivity index (χ0v) is 26.3. The Morgan fingerprint density at radius 1 is 0.953 bits per heavy atom. The molecule has 6 rings (SSSR count). The first kappa shape index (κ1) is 29.3. The number of aromatic nitrogens is 2. The highest BCUT2D eigenvalue weighted by Crippen LogP contribution is 2.37. The quantitative estimate of drug-likeness (QED) is 0.148. The summed E-state index contributed by atoms with van der Waals surface area (Å²) in [6, 6.07) is 23.2. The van der Waals surface area contributed by atoms with Gasteiger partial charge in [-0.3, -0.25) is 4.79 Å². The maximum absolute atomic E-state index is 13.6. The zero-order chi connectivity index (χ0) is 30.1. The standard InChI is InChI=1S/C32H21BrCl3N3O4/c1-2-41-28-13-19(12-25(36)30(28)42-17-18-7-9-23(34)24(35)11-18)16-37-39-31(38-26-6-4-3-5-22(26)32(39)40)29-15-20-14-21(33)8-10-27(20)43-29/h3-16H,2,17H2,1H3. The molecule has 2 heterocycles. The van der Waals surface area contributed by atoms with E-state index in [0.29, 0.717) is 61.0 Å². The first-order valence-corrected chi connectivity index (χ1v) is 15.0. The number of halogens is 4. The molecule has 0 amide bonds. The second-order valence-electron chi connectivity index (χ2n) is 9.41. The van der Waals surface area contributed by atoms with Gasteiger partial charge in [-0.1, -0.05) is 68.9 Å². The number of hydrogen-bond acceptors (Lipinski definition) is 6. The van der Waals surface area contributed by atoms with Crippen LogP contribution in [-0.4, -0.2) is 22.5 Å². The van der Waals surface area contributed by atoms with E-state index in [-0.39, 0.29) is 18.0 Å². The second-order valence-corrected chi connectivity index (χ2v) is 11.5. The number of rotatable bonds is 8. The van der Waals surface area contributed by atoms with Crippen LogP contribution in [-0.2, 0) is 6.61 Å². The molecular weight excluding hydrogens is 677 g/mol. The molecule has 0 aliphatic rings. The summed E-state index contributed by atoms with van der Waals surface area (Å²) in [6.07, 6.45) is 1.51. The Balaban J connectivity index is 1.39. The van der Waals surface area contributed by atoms with Gasteiger partial charge in [-0.2, -0.15) is 9.78 Å². The predicted molar refractivity (Wildman–Crippen MR) is 175 cm³/mol. The summed E-state index contributed by atoms with van der Waals surface area (Å²) >= 11 is 22.3. The summed E-state index contributed by atoms with van der Waals surface area (Å²) in [5.41, 5.74) is 2.22. The van der Waals surface area contributed by atoms with E-state index in [4.69, 9.17) is 53.7 Å². The SMILES string of the molecule is CCOc1cc(C=Nn2c(-c3cc4cc(Br)ccc4o3)nc3ccccc3c2=O)cc(Cl)c1OCc1ccc(Cl)c(Cl)c1. The van der Waals surface area contributed by atoms with Crippen molar-refractivity contribution in [3.63, 3.8) is 0 Å². The Morgan fingerprint density at radius 2 is 1.79 bits per heavy atom. The molecule has 0 aliphatic carbocycles. The summed E-state index contributed by atoms with van der Waals surface area (Å²) in [5.74, 6) is 1.44. The fourth-order valence-corrected chi connectivity index (χ4v) is 5.46. The molecule has 0 spiro atoms. The van der Waals surface area contributed by atoms with Crippen LogP contribution in [0.15, 0.2) is 97.6 Å². The Hall–Kier alpha value is -3.82. The molecule has 0 fully saturated rings. The van der Waals surface area contributed by atoms with Crippen molar-refractivity contribution in [3.8, 4) is 23.1 Å². The van der Waals surface area contributed by atoms with Crippen LogP contribution in [0.4, 0.5) is 0 Å². The fraction of sp³-hybridized carbons (Fsp3) is 0.0938. The van der Waals surface area contributed by atoms with Gasteiger partial charge in [0.2, 0.25) is 5.82 Å². The third kappa shape index (κ3) is 6.15. The third-order valence-electron chi connectivity index (χ3n) is 6.47. The molecule has 2 aromatic heterocycles. The predicted octanol–water partition coefficient (Wildman–Crippen LogP) is 9.39. The molecule has 7 nitrogen and oxygen atoms in total. The molecule has 216 valence electrons. The van der Waals surface area contributed by atoms with Crippen LogP contribution in [0, 0.1) is 0 Å². The van der Waals surface area contributed by atoms with Crippen molar-refractivity contribution in [2.24, 2.45) is 5.10 Å². The van der Waals surface area contributed by atoms with E-state index in [0.717, 1.165) is 15.4 Å². The Bertz CT molecular complexity index is 2090. The van der Waals surface area contributed by atoms with Gasteiger partial charge in [0, 0.05) is 9.86 Å². The van der Waals surface area contributed by atoms with Gasteiger partial charge in [0.1, 0.15) is 12.2 Å². The minimum Gasteiger partial charge on any atom is -0.490 e. The summed E-state index contributed by atoms with van der Waals surface area (Å²) in [4.78, 5) is 18.4. The van der Waals surface area contributed by atoms with Gasteiger partial charge in [-0.05, 0) is 78.7 Å². The molecule has 43 heavy (non-hydrogen) atoms. The molecule has 0 bridgehead atoms. The highest BCUT2D eigenvalue weighted by Gasteiger charge is 2.18. The van der Waals surface area contributed by atoms with Crippen LogP contribution >= 0.6 is 50.7 Å². The van der Waals surface area contributed by atoms with Crippen molar-refractivity contribution >= 4 is 78.8 Å². The molecule has 6 aromatic rings. The number of para-hydroxylation sites is 1. The number of nitrogens with zero attached hydrogens (tertiary/aromatic N) is 3. The third-order valence-corrected chi connectivity index (χ3v) is 7.99. The topological polar surface area (TPSA) is 78.9 Å². The van der Waals surface area contributed by atoms with Crippen LogP contribution in [0.3, 0.4) is 0 Å². The number of furan rings is 1. The minimum absolute atomic E-state index is 0.194. The van der Waals surface area contributed by atoms with E-state index in [1.807, 2.05) is 43.3 Å². The molecule has 0 radical (unpaired) electrons. The van der Waals surface area contributed by atoms with E-state index >= 15 is 0 Å². The molecule has 0 aliphatic heterocycles.